The molecule has 1 saturated heterocycles. The highest BCUT2D eigenvalue weighted by atomic mass is 16.2. The van der Waals surface area contributed by atoms with E-state index >= 15 is 0 Å². The second-order valence-corrected chi connectivity index (χ2v) is 7.31. The zero-order valence-corrected chi connectivity index (χ0v) is 15.4. The van der Waals surface area contributed by atoms with Crippen molar-refractivity contribution in [2.75, 3.05) is 32.7 Å². The molecular weight excluding hydrogens is 314 g/mol. The van der Waals surface area contributed by atoms with Crippen molar-refractivity contribution in [2.45, 2.75) is 45.6 Å². The molecular formula is C20H29N3O2. The van der Waals surface area contributed by atoms with Gasteiger partial charge in [0.2, 0.25) is 11.8 Å². The maximum absolute atomic E-state index is 12.4. The summed E-state index contributed by atoms with van der Waals surface area (Å²) >= 11 is 0. The lowest BCUT2D eigenvalue weighted by Crippen LogP contribution is -2.50. The summed E-state index contributed by atoms with van der Waals surface area (Å²) in [6, 6.07) is 6.68. The van der Waals surface area contributed by atoms with E-state index in [0.717, 1.165) is 19.5 Å². The number of piperazine rings is 1. The average molecular weight is 343 g/mol. The van der Waals surface area contributed by atoms with Crippen LogP contribution in [-0.4, -0.2) is 54.3 Å². The van der Waals surface area contributed by atoms with Crippen molar-refractivity contribution in [3.8, 4) is 0 Å². The van der Waals surface area contributed by atoms with E-state index in [4.69, 9.17) is 0 Å². The van der Waals surface area contributed by atoms with E-state index in [1.165, 1.54) is 36.0 Å². The van der Waals surface area contributed by atoms with Crippen LogP contribution in [0.15, 0.2) is 18.2 Å². The van der Waals surface area contributed by atoms with Crippen LogP contribution in [0.25, 0.3) is 0 Å². The van der Waals surface area contributed by atoms with E-state index < -0.39 is 0 Å². The topological polar surface area (TPSA) is 52.7 Å². The predicted molar refractivity (Wildman–Crippen MR) is 98.3 cm³/mol. The zero-order chi connectivity index (χ0) is 17.8. The Balaban J connectivity index is 1.50. The van der Waals surface area contributed by atoms with Crippen LogP contribution in [0.1, 0.15) is 49.4 Å². The molecule has 0 aromatic heterocycles. The molecule has 0 spiro atoms. The lowest BCUT2D eigenvalue weighted by atomic mass is 9.89. The fourth-order valence-electron chi connectivity index (χ4n) is 3.82. The molecule has 1 atom stereocenters. The van der Waals surface area contributed by atoms with Crippen LogP contribution >= 0.6 is 0 Å². The number of nitrogens with one attached hydrogen (secondary N) is 1. The minimum Gasteiger partial charge on any atom is -0.348 e. The number of amides is 2. The van der Waals surface area contributed by atoms with Crippen LogP contribution in [0, 0.1) is 0 Å². The van der Waals surface area contributed by atoms with Crippen molar-refractivity contribution in [3.05, 3.63) is 34.9 Å². The SMILES string of the molecule is CC(=O)N1CCN(CC(=O)NC(C)c2ccc3c(c2)CCCC3)CC1. The highest BCUT2D eigenvalue weighted by Crippen LogP contribution is 2.24. The summed E-state index contributed by atoms with van der Waals surface area (Å²) in [5.74, 6) is 0.173. The molecule has 2 amide bonds. The molecule has 0 bridgehead atoms. The van der Waals surface area contributed by atoms with Crippen LogP contribution in [0.5, 0.6) is 0 Å². The largest absolute Gasteiger partial charge is 0.348 e. The maximum Gasteiger partial charge on any atom is 0.234 e. The molecule has 2 aliphatic rings. The first-order valence-electron chi connectivity index (χ1n) is 9.42. The minimum absolute atomic E-state index is 0.0261. The molecule has 5 heteroatoms. The van der Waals surface area contributed by atoms with Crippen LogP contribution < -0.4 is 5.32 Å². The monoisotopic (exact) mass is 343 g/mol. The van der Waals surface area contributed by atoms with E-state index in [1.54, 1.807) is 6.92 Å². The third-order valence-electron chi connectivity index (χ3n) is 5.43. The molecule has 1 aromatic rings. The molecule has 3 rings (SSSR count). The number of hydrogen-bond donors (Lipinski definition) is 1. The molecule has 1 fully saturated rings. The summed E-state index contributed by atoms with van der Waals surface area (Å²) in [4.78, 5) is 27.7. The average Bonchev–Trinajstić information content (AvgIpc) is 2.61. The lowest BCUT2D eigenvalue weighted by Gasteiger charge is -2.33. The van der Waals surface area contributed by atoms with Crippen LogP contribution in [0.2, 0.25) is 0 Å². The smallest absolute Gasteiger partial charge is 0.234 e. The molecule has 1 heterocycles. The first kappa shape index (κ1) is 17.9. The third kappa shape index (κ3) is 4.60. The zero-order valence-electron chi connectivity index (χ0n) is 15.4. The lowest BCUT2D eigenvalue weighted by molar-refractivity contribution is -0.131. The summed E-state index contributed by atoms with van der Waals surface area (Å²) in [5, 5.41) is 3.12. The van der Waals surface area contributed by atoms with Crippen LogP contribution in [-0.2, 0) is 22.4 Å². The number of nitrogens with zero attached hydrogens (tertiary/aromatic N) is 2. The molecule has 1 aliphatic carbocycles. The molecule has 0 saturated carbocycles. The van der Waals surface area contributed by atoms with Gasteiger partial charge in [-0.25, -0.2) is 0 Å². The van der Waals surface area contributed by atoms with Crippen molar-refractivity contribution in [1.82, 2.24) is 15.1 Å². The number of carbonyl (C=O) groups is 2. The van der Waals surface area contributed by atoms with Gasteiger partial charge in [-0.05, 0) is 49.3 Å². The highest BCUT2D eigenvalue weighted by Gasteiger charge is 2.21. The molecule has 1 unspecified atom stereocenters. The molecule has 136 valence electrons. The number of rotatable bonds is 4. The summed E-state index contributed by atoms with van der Waals surface area (Å²) in [5.41, 5.74) is 4.11. The number of aryl methyl sites for hydroxylation is 2. The van der Waals surface area contributed by atoms with Crippen molar-refractivity contribution < 1.29 is 9.59 Å². The Morgan fingerprint density at radius 3 is 2.44 bits per heavy atom. The first-order chi connectivity index (χ1) is 12.0. The summed E-state index contributed by atoms with van der Waals surface area (Å²) < 4.78 is 0. The summed E-state index contributed by atoms with van der Waals surface area (Å²) in [7, 11) is 0. The number of benzene rings is 1. The van der Waals surface area contributed by atoms with Crippen molar-refractivity contribution in [1.29, 1.82) is 0 Å². The van der Waals surface area contributed by atoms with Crippen LogP contribution in [0.4, 0.5) is 0 Å². The third-order valence-corrected chi connectivity index (χ3v) is 5.43. The van der Waals surface area contributed by atoms with Crippen molar-refractivity contribution in [3.63, 3.8) is 0 Å². The number of hydrogen-bond acceptors (Lipinski definition) is 3. The summed E-state index contributed by atoms with van der Waals surface area (Å²) in [6.45, 7) is 7.01. The van der Waals surface area contributed by atoms with E-state index in [0.29, 0.717) is 19.6 Å². The van der Waals surface area contributed by atoms with Gasteiger partial charge >= 0.3 is 0 Å². The second kappa shape index (κ2) is 8.00. The molecule has 0 radical (unpaired) electrons. The van der Waals surface area contributed by atoms with Crippen molar-refractivity contribution in [2.24, 2.45) is 0 Å². The van der Waals surface area contributed by atoms with E-state index in [2.05, 4.69) is 35.3 Å². The van der Waals surface area contributed by atoms with Crippen molar-refractivity contribution >= 4 is 11.8 Å². The van der Waals surface area contributed by atoms with Gasteiger partial charge in [0, 0.05) is 33.1 Å². The maximum atomic E-state index is 12.4. The van der Waals surface area contributed by atoms with Gasteiger partial charge in [-0.2, -0.15) is 0 Å². The molecule has 25 heavy (non-hydrogen) atoms. The molecule has 1 N–H and O–H groups in total. The highest BCUT2D eigenvalue weighted by molar-refractivity contribution is 5.78. The van der Waals surface area contributed by atoms with E-state index in [-0.39, 0.29) is 17.9 Å². The molecule has 5 nitrogen and oxygen atoms in total. The summed E-state index contributed by atoms with van der Waals surface area (Å²) in [6.07, 6.45) is 4.89. The van der Waals surface area contributed by atoms with Crippen LogP contribution in [0.3, 0.4) is 0 Å². The number of fused-ring (bicyclic) bond motifs is 1. The Morgan fingerprint density at radius 2 is 1.76 bits per heavy atom. The van der Waals surface area contributed by atoms with Gasteiger partial charge in [0.1, 0.15) is 0 Å². The Hall–Kier alpha value is -1.88. The Kier molecular flexibility index (Phi) is 5.74. The minimum atomic E-state index is 0.0261. The quantitative estimate of drug-likeness (QED) is 0.909. The van der Waals surface area contributed by atoms with Gasteiger partial charge in [-0.15, -0.1) is 0 Å². The Bertz CT molecular complexity index is 636. The fourth-order valence-corrected chi connectivity index (χ4v) is 3.82. The fraction of sp³-hybridized carbons (Fsp3) is 0.600. The Morgan fingerprint density at radius 1 is 1.08 bits per heavy atom. The first-order valence-corrected chi connectivity index (χ1v) is 9.42. The van der Waals surface area contributed by atoms with Gasteiger partial charge in [0.05, 0.1) is 12.6 Å². The van der Waals surface area contributed by atoms with Gasteiger partial charge < -0.3 is 10.2 Å². The van der Waals surface area contributed by atoms with Gasteiger partial charge in [-0.3, -0.25) is 14.5 Å². The van der Waals surface area contributed by atoms with Gasteiger partial charge in [0.25, 0.3) is 0 Å². The van der Waals surface area contributed by atoms with Gasteiger partial charge in [-0.1, -0.05) is 18.2 Å². The van der Waals surface area contributed by atoms with E-state index in [9.17, 15) is 9.59 Å². The number of carbonyl (C=O) groups excluding carboxylic acids is 2. The standard InChI is InChI=1S/C20H29N3O2/c1-15(18-8-7-17-5-3-4-6-19(17)13-18)21-20(25)14-22-9-11-23(12-10-22)16(2)24/h7-8,13,15H,3-6,9-12,14H2,1-2H3,(H,21,25). The molecule has 1 aromatic carbocycles. The molecule has 1 aliphatic heterocycles. The van der Waals surface area contributed by atoms with E-state index in [1.807, 2.05) is 4.90 Å². The van der Waals surface area contributed by atoms with Gasteiger partial charge in [0.15, 0.2) is 0 Å². The Labute approximate surface area is 150 Å². The predicted octanol–water partition coefficient (Wildman–Crippen LogP) is 1.91. The normalized spacial score (nSPS) is 19.2. The second-order valence-electron chi connectivity index (χ2n) is 7.31.